The minimum absolute atomic E-state index is 0.171. The first-order valence-corrected chi connectivity index (χ1v) is 8.74. The maximum Gasteiger partial charge on any atom is 0.253 e. The summed E-state index contributed by atoms with van der Waals surface area (Å²) in [5, 5.41) is 6.29. The van der Waals surface area contributed by atoms with Gasteiger partial charge in [0.25, 0.3) is 5.91 Å². The summed E-state index contributed by atoms with van der Waals surface area (Å²) < 4.78 is 12.1. The summed E-state index contributed by atoms with van der Waals surface area (Å²) in [7, 11) is -2.40. The van der Waals surface area contributed by atoms with Crippen LogP contribution < -0.4 is 15.9 Å². The van der Waals surface area contributed by atoms with E-state index in [0.717, 1.165) is 12.8 Å². The smallest absolute Gasteiger partial charge is 0.253 e. The van der Waals surface area contributed by atoms with Gasteiger partial charge in [-0.15, -0.1) is 0 Å². The van der Waals surface area contributed by atoms with E-state index in [4.69, 9.17) is 6.42 Å². The Bertz CT molecular complexity index is 594. The molecule has 0 aliphatic heterocycles. The van der Waals surface area contributed by atoms with E-state index in [-0.39, 0.29) is 11.9 Å². The molecule has 2 rings (SSSR count). The third-order valence-electron chi connectivity index (χ3n) is 2.99. The molecular formula is C14H17N2O2P. The Kier molecular flexibility index (Phi) is 3.68. The van der Waals surface area contributed by atoms with Crippen LogP contribution in [0.3, 0.4) is 0 Å². The minimum Gasteiger partial charge on any atom is -0.349 e. The Labute approximate surface area is 113 Å². The van der Waals surface area contributed by atoms with Crippen LogP contribution in [0.2, 0.25) is 0 Å². The molecule has 0 spiro atoms. The lowest BCUT2D eigenvalue weighted by atomic mass is 10.1. The van der Waals surface area contributed by atoms with Crippen LogP contribution in [0.25, 0.3) is 0 Å². The van der Waals surface area contributed by atoms with Gasteiger partial charge in [0.1, 0.15) is 7.14 Å². The van der Waals surface area contributed by atoms with Gasteiger partial charge in [-0.2, -0.15) is 0 Å². The van der Waals surface area contributed by atoms with E-state index in [0.29, 0.717) is 16.6 Å². The molecule has 1 aromatic rings. The number of nitrogens with one attached hydrogen (secondary N) is 2. The highest BCUT2D eigenvalue weighted by atomic mass is 31.2. The fourth-order valence-electron chi connectivity index (χ4n) is 1.73. The highest BCUT2D eigenvalue weighted by Crippen LogP contribution is 2.35. The van der Waals surface area contributed by atoms with Crippen molar-refractivity contribution < 1.29 is 9.36 Å². The molecule has 0 aromatic heterocycles. The third kappa shape index (κ3) is 3.39. The van der Waals surface area contributed by atoms with Gasteiger partial charge in [0.2, 0.25) is 0 Å². The largest absolute Gasteiger partial charge is 0.349 e. The van der Waals surface area contributed by atoms with Gasteiger partial charge in [-0.3, -0.25) is 4.79 Å². The minimum atomic E-state index is -2.40. The molecule has 2 N–H and O–H groups in total. The number of rotatable bonds is 4. The van der Waals surface area contributed by atoms with Gasteiger partial charge in [0.05, 0.1) is 11.3 Å². The number of amides is 1. The fraction of sp³-hybridized carbons (Fsp3) is 0.357. The summed E-state index contributed by atoms with van der Waals surface area (Å²) in [5.74, 6) is -0.171. The van der Waals surface area contributed by atoms with E-state index in [2.05, 4.69) is 16.7 Å². The lowest BCUT2D eigenvalue weighted by Crippen LogP contribution is -2.27. The van der Waals surface area contributed by atoms with Gasteiger partial charge in [-0.25, -0.2) is 0 Å². The highest BCUT2D eigenvalue weighted by molar-refractivity contribution is 7.70. The Balaban J connectivity index is 2.38. The quantitative estimate of drug-likeness (QED) is 0.501. The molecule has 0 atom stereocenters. The van der Waals surface area contributed by atoms with Gasteiger partial charge in [-0.05, 0) is 44.4 Å². The molecule has 1 aromatic carbocycles. The number of hydrogen-bond acceptors (Lipinski definition) is 3. The van der Waals surface area contributed by atoms with Crippen LogP contribution >= 0.6 is 7.14 Å². The van der Waals surface area contributed by atoms with E-state index in [1.807, 2.05) is 0 Å². The van der Waals surface area contributed by atoms with Gasteiger partial charge in [-0.1, -0.05) is 6.42 Å². The zero-order valence-corrected chi connectivity index (χ0v) is 12.0. The number of anilines is 1. The molecule has 0 bridgehead atoms. The molecule has 1 aliphatic rings. The molecule has 1 amide bonds. The van der Waals surface area contributed by atoms with E-state index in [1.54, 1.807) is 31.5 Å². The van der Waals surface area contributed by atoms with Crippen LogP contribution in [0.1, 0.15) is 23.2 Å². The van der Waals surface area contributed by atoms with E-state index in [1.165, 1.54) is 0 Å². The number of terminal acetylenes is 1. The molecule has 0 saturated heterocycles. The Morgan fingerprint density at radius 3 is 2.63 bits per heavy atom. The lowest BCUT2D eigenvalue weighted by molar-refractivity contribution is 0.0952. The Morgan fingerprint density at radius 2 is 2.11 bits per heavy atom. The van der Waals surface area contributed by atoms with Gasteiger partial charge in [0, 0.05) is 17.4 Å². The van der Waals surface area contributed by atoms with Gasteiger partial charge in [0.15, 0.2) is 0 Å². The maximum absolute atomic E-state index is 12.2. The molecule has 0 radical (unpaired) electrons. The predicted molar refractivity (Wildman–Crippen MR) is 78.5 cm³/mol. The lowest BCUT2D eigenvalue weighted by Gasteiger charge is -2.13. The summed E-state index contributed by atoms with van der Waals surface area (Å²) >= 11 is 0. The molecule has 19 heavy (non-hydrogen) atoms. The molecule has 5 heteroatoms. The predicted octanol–water partition coefficient (Wildman–Crippen LogP) is 1.83. The molecule has 0 unspecified atom stereocenters. The second kappa shape index (κ2) is 5.11. The normalized spacial score (nSPS) is 14.6. The van der Waals surface area contributed by atoms with Crippen LogP contribution in [-0.4, -0.2) is 25.3 Å². The molecule has 100 valence electrons. The van der Waals surface area contributed by atoms with Crippen LogP contribution in [0, 0.1) is 12.5 Å². The summed E-state index contributed by atoms with van der Waals surface area (Å²) in [5.41, 5.74) is 1.02. The van der Waals surface area contributed by atoms with Crippen LogP contribution in [-0.2, 0) is 4.57 Å². The summed E-state index contributed by atoms with van der Waals surface area (Å²) in [6.45, 7) is 3.36. The molecule has 0 heterocycles. The molecule has 1 saturated carbocycles. The number of benzene rings is 1. The third-order valence-corrected chi connectivity index (χ3v) is 4.51. The van der Waals surface area contributed by atoms with E-state index >= 15 is 0 Å². The second-order valence-electron chi connectivity index (χ2n) is 5.10. The van der Waals surface area contributed by atoms with Crippen molar-refractivity contribution in [3.63, 3.8) is 0 Å². The van der Waals surface area contributed by atoms with Crippen molar-refractivity contribution in [1.82, 2.24) is 5.32 Å². The first-order valence-electron chi connectivity index (χ1n) is 6.14. The average molecular weight is 276 g/mol. The number of carbonyl (C=O) groups excluding carboxylic acids is 1. The van der Waals surface area contributed by atoms with Crippen LogP contribution in [0.15, 0.2) is 18.2 Å². The first kappa shape index (κ1) is 13.7. The zero-order chi connectivity index (χ0) is 14.0. The van der Waals surface area contributed by atoms with Gasteiger partial charge < -0.3 is 15.2 Å². The Morgan fingerprint density at radius 1 is 1.42 bits per heavy atom. The van der Waals surface area contributed by atoms with Crippen LogP contribution in [0.5, 0.6) is 0 Å². The molecule has 1 aliphatic carbocycles. The van der Waals surface area contributed by atoms with Gasteiger partial charge >= 0.3 is 0 Å². The van der Waals surface area contributed by atoms with E-state index < -0.39 is 7.14 Å². The van der Waals surface area contributed by atoms with Crippen molar-refractivity contribution in [2.45, 2.75) is 18.9 Å². The summed E-state index contributed by atoms with van der Waals surface area (Å²) in [4.78, 5) is 12.2. The van der Waals surface area contributed by atoms with Crippen molar-refractivity contribution in [1.29, 1.82) is 0 Å². The van der Waals surface area contributed by atoms with Crippen LogP contribution in [0.4, 0.5) is 5.69 Å². The van der Waals surface area contributed by atoms with Crippen molar-refractivity contribution in [3.8, 4) is 12.5 Å². The first-order chi connectivity index (χ1) is 8.91. The second-order valence-corrected chi connectivity index (χ2v) is 8.32. The standard InChI is InChI=1S/C14H17N2O2P/c1-4-15-13-8-7-11(19(2,3)18)9-12(13)14(17)16-10-5-6-10/h1,7-10,15H,5-6H2,2-3H3,(H,16,17). The zero-order valence-electron chi connectivity index (χ0n) is 11.1. The Hall–Kier alpha value is -1.72. The van der Waals surface area contributed by atoms with Crippen molar-refractivity contribution in [2.24, 2.45) is 0 Å². The molecule has 4 nitrogen and oxygen atoms in total. The molecular weight excluding hydrogens is 259 g/mol. The SMILES string of the molecule is C#CNc1ccc(P(C)(C)=O)cc1C(=O)NC1CC1. The topological polar surface area (TPSA) is 58.2 Å². The number of carbonyl (C=O) groups is 1. The monoisotopic (exact) mass is 276 g/mol. The maximum atomic E-state index is 12.2. The highest BCUT2D eigenvalue weighted by Gasteiger charge is 2.25. The average Bonchev–Trinajstić information content (AvgIpc) is 3.12. The number of hydrogen-bond donors (Lipinski definition) is 2. The van der Waals surface area contributed by atoms with Crippen molar-refractivity contribution >= 4 is 24.0 Å². The molecule has 1 fully saturated rings. The summed E-state index contributed by atoms with van der Waals surface area (Å²) in [6, 6.07) is 7.69. The fourth-order valence-corrected chi connectivity index (χ4v) is 2.61. The summed E-state index contributed by atoms with van der Waals surface area (Å²) in [6.07, 6.45) is 7.25. The van der Waals surface area contributed by atoms with E-state index in [9.17, 15) is 9.36 Å². The van der Waals surface area contributed by atoms with Crippen molar-refractivity contribution in [2.75, 3.05) is 18.6 Å². The van der Waals surface area contributed by atoms with Crippen molar-refractivity contribution in [3.05, 3.63) is 23.8 Å².